The minimum atomic E-state index is -1.02. The van der Waals surface area contributed by atoms with Crippen LogP contribution < -0.4 is 0 Å². The molecule has 174 valence electrons. The number of carbonyl (C=O) groups is 1. The number of likely N-dealkylation sites (tertiary alicyclic amines) is 1. The predicted octanol–water partition coefficient (Wildman–Crippen LogP) is 2.72. The number of hydrogen-bond acceptors (Lipinski definition) is 7. The fraction of sp³-hybridized carbons (Fsp3) is 0.696. The molecule has 2 aliphatic rings. The molecule has 3 rings (SSSR count). The van der Waals surface area contributed by atoms with Crippen LogP contribution in [0, 0.1) is 0 Å². The molecule has 0 saturated carbocycles. The number of amides is 1. The standard InChI is InChI=1S/C23H35NO7/c1-3-14-28-20-19(25)18(16-30-23(26)24-12-8-9-13-24)31-22(27-4-2)21(20)29-15-17-10-6-5-7-11-17/h5-7,10-11,18-22,25H,3-4,8-9,12-16H2,1-2H3/t18-,19-,20+,21-,22?/m1/s1. The van der Waals surface area contributed by atoms with Crippen molar-refractivity contribution in [3.63, 3.8) is 0 Å². The van der Waals surface area contributed by atoms with Gasteiger partial charge < -0.3 is 33.7 Å². The van der Waals surface area contributed by atoms with Crippen LogP contribution in [0.15, 0.2) is 30.3 Å². The Hall–Kier alpha value is -1.71. The first kappa shape index (κ1) is 23.9. The Bertz CT molecular complexity index is 653. The monoisotopic (exact) mass is 437 g/mol. The highest BCUT2D eigenvalue weighted by atomic mass is 16.7. The van der Waals surface area contributed by atoms with Gasteiger partial charge in [-0.2, -0.15) is 0 Å². The minimum Gasteiger partial charge on any atom is -0.447 e. The van der Waals surface area contributed by atoms with Gasteiger partial charge in [0.25, 0.3) is 0 Å². The van der Waals surface area contributed by atoms with Crippen LogP contribution in [0.4, 0.5) is 4.79 Å². The molecule has 2 fully saturated rings. The molecule has 1 amide bonds. The van der Waals surface area contributed by atoms with Crippen LogP contribution in [0.3, 0.4) is 0 Å². The van der Waals surface area contributed by atoms with E-state index in [1.165, 1.54) is 0 Å². The highest BCUT2D eigenvalue weighted by Gasteiger charge is 2.47. The third-order valence-corrected chi connectivity index (χ3v) is 5.48. The lowest BCUT2D eigenvalue weighted by Gasteiger charge is -2.44. The molecule has 1 aromatic carbocycles. The first-order chi connectivity index (χ1) is 15.1. The van der Waals surface area contributed by atoms with Crippen molar-refractivity contribution in [2.24, 2.45) is 0 Å². The van der Waals surface area contributed by atoms with Crippen molar-refractivity contribution in [1.29, 1.82) is 0 Å². The van der Waals surface area contributed by atoms with Crippen molar-refractivity contribution in [1.82, 2.24) is 4.90 Å². The zero-order chi connectivity index (χ0) is 22.1. The number of benzene rings is 1. The van der Waals surface area contributed by atoms with E-state index in [2.05, 4.69) is 0 Å². The number of rotatable bonds is 10. The summed E-state index contributed by atoms with van der Waals surface area (Å²) >= 11 is 0. The number of carbonyl (C=O) groups excluding carboxylic acids is 1. The van der Waals surface area contributed by atoms with Crippen molar-refractivity contribution in [2.45, 2.75) is 70.4 Å². The average molecular weight is 438 g/mol. The van der Waals surface area contributed by atoms with Crippen LogP contribution in [0.2, 0.25) is 0 Å². The Labute approximate surface area is 184 Å². The van der Waals surface area contributed by atoms with Crippen molar-refractivity contribution >= 4 is 6.09 Å². The van der Waals surface area contributed by atoms with Gasteiger partial charge in [-0.05, 0) is 31.7 Å². The van der Waals surface area contributed by atoms with Gasteiger partial charge in [-0.1, -0.05) is 37.3 Å². The molecule has 31 heavy (non-hydrogen) atoms. The Morgan fingerprint density at radius 1 is 1.10 bits per heavy atom. The molecular formula is C23H35NO7. The number of nitrogens with zero attached hydrogens (tertiary/aromatic N) is 1. The number of aliphatic hydroxyl groups is 1. The molecule has 2 saturated heterocycles. The van der Waals surface area contributed by atoms with Gasteiger partial charge >= 0.3 is 6.09 Å². The molecule has 0 aromatic heterocycles. The Morgan fingerprint density at radius 3 is 2.52 bits per heavy atom. The fourth-order valence-electron chi connectivity index (χ4n) is 3.86. The average Bonchev–Trinajstić information content (AvgIpc) is 3.33. The van der Waals surface area contributed by atoms with E-state index in [0.29, 0.717) is 32.9 Å². The van der Waals surface area contributed by atoms with E-state index in [1.54, 1.807) is 4.90 Å². The van der Waals surface area contributed by atoms with Crippen molar-refractivity contribution in [2.75, 3.05) is 32.9 Å². The van der Waals surface area contributed by atoms with Gasteiger partial charge in [-0.3, -0.25) is 0 Å². The molecule has 1 aromatic rings. The third kappa shape index (κ3) is 6.63. The zero-order valence-electron chi connectivity index (χ0n) is 18.5. The fourth-order valence-corrected chi connectivity index (χ4v) is 3.86. The topological polar surface area (TPSA) is 86.7 Å². The predicted molar refractivity (Wildman–Crippen MR) is 113 cm³/mol. The van der Waals surface area contributed by atoms with Gasteiger partial charge in [0.05, 0.1) is 6.61 Å². The van der Waals surface area contributed by atoms with E-state index in [-0.39, 0.29) is 12.7 Å². The lowest BCUT2D eigenvalue weighted by atomic mass is 9.98. The first-order valence-electron chi connectivity index (χ1n) is 11.3. The normalized spacial score (nSPS) is 28.6. The molecule has 8 nitrogen and oxygen atoms in total. The van der Waals surface area contributed by atoms with Crippen LogP contribution in [-0.4, -0.2) is 79.7 Å². The summed E-state index contributed by atoms with van der Waals surface area (Å²) in [5.41, 5.74) is 1.00. The van der Waals surface area contributed by atoms with Crippen LogP contribution >= 0.6 is 0 Å². The van der Waals surface area contributed by atoms with Gasteiger partial charge in [0, 0.05) is 26.3 Å². The highest BCUT2D eigenvalue weighted by molar-refractivity contribution is 5.67. The largest absolute Gasteiger partial charge is 0.447 e. The molecule has 0 spiro atoms. The maximum absolute atomic E-state index is 12.3. The summed E-state index contributed by atoms with van der Waals surface area (Å²) in [5.74, 6) is 0. The van der Waals surface area contributed by atoms with E-state index >= 15 is 0 Å². The molecule has 5 atom stereocenters. The van der Waals surface area contributed by atoms with Crippen LogP contribution in [-0.2, 0) is 30.3 Å². The lowest BCUT2D eigenvalue weighted by molar-refractivity contribution is -0.317. The maximum atomic E-state index is 12.3. The second kappa shape index (κ2) is 12.4. The van der Waals surface area contributed by atoms with Gasteiger partial charge in [-0.15, -0.1) is 0 Å². The van der Waals surface area contributed by atoms with Crippen molar-refractivity contribution in [3.8, 4) is 0 Å². The third-order valence-electron chi connectivity index (χ3n) is 5.48. The molecular weight excluding hydrogens is 402 g/mol. The molecule has 1 unspecified atom stereocenters. The Kier molecular flexibility index (Phi) is 9.54. The summed E-state index contributed by atoms with van der Waals surface area (Å²) in [4.78, 5) is 13.9. The van der Waals surface area contributed by atoms with Crippen molar-refractivity contribution < 1.29 is 33.6 Å². The van der Waals surface area contributed by atoms with Gasteiger partial charge in [-0.25, -0.2) is 4.79 Å². The Balaban J connectivity index is 1.66. The molecule has 0 aliphatic carbocycles. The molecule has 2 heterocycles. The first-order valence-corrected chi connectivity index (χ1v) is 11.3. The lowest BCUT2D eigenvalue weighted by Crippen LogP contribution is -2.61. The summed E-state index contributed by atoms with van der Waals surface area (Å²) in [7, 11) is 0. The Morgan fingerprint density at radius 2 is 1.84 bits per heavy atom. The zero-order valence-corrected chi connectivity index (χ0v) is 18.5. The molecule has 0 bridgehead atoms. The quantitative estimate of drug-likeness (QED) is 0.602. The summed E-state index contributed by atoms with van der Waals surface area (Å²) < 4.78 is 29.3. The van der Waals surface area contributed by atoms with E-state index in [0.717, 1.165) is 24.8 Å². The van der Waals surface area contributed by atoms with Crippen molar-refractivity contribution in [3.05, 3.63) is 35.9 Å². The SMILES string of the molecule is CCCO[C@H]1[C@H](O)[C@@H](COC(=O)N2CCCC2)OC(OCC)[C@@H]1OCc1ccccc1. The van der Waals surface area contributed by atoms with E-state index < -0.39 is 30.7 Å². The van der Waals surface area contributed by atoms with Crippen LogP contribution in [0.1, 0.15) is 38.7 Å². The van der Waals surface area contributed by atoms with Gasteiger partial charge in [0.1, 0.15) is 31.0 Å². The van der Waals surface area contributed by atoms with Gasteiger partial charge in [0.2, 0.25) is 0 Å². The van der Waals surface area contributed by atoms with E-state index in [4.69, 9.17) is 23.7 Å². The molecule has 0 radical (unpaired) electrons. The van der Waals surface area contributed by atoms with E-state index in [1.807, 2.05) is 44.2 Å². The molecule has 2 aliphatic heterocycles. The van der Waals surface area contributed by atoms with Gasteiger partial charge in [0.15, 0.2) is 6.29 Å². The van der Waals surface area contributed by atoms with Crippen LogP contribution in [0.25, 0.3) is 0 Å². The second-order valence-electron chi connectivity index (χ2n) is 7.86. The van der Waals surface area contributed by atoms with Crippen LogP contribution in [0.5, 0.6) is 0 Å². The summed E-state index contributed by atoms with van der Waals surface area (Å²) in [5, 5.41) is 11.0. The summed E-state index contributed by atoms with van der Waals surface area (Å²) in [6.07, 6.45) is -1.42. The smallest absolute Gasteiger partial charge is 0.409 e. The number of aliphatic hydroxyl groups excluding tert-OH is 1. The molecule has 8 heteroatoms. The molecule has 1 N–H and O–H groups in total. The minimum absolute atomic E-state index is 0.0720. The summed E-state index contributed by atoms with van der Waals surface area (Å²) in [6.45, 7) is 6.41. The number of hydrogen-bond donors (Lipinski definition) is 1. The maximum Gasteiger partial charge on any atom is 0.409 e. The van der Waals surface area contributed by atoms with E-state index in [9.17, 15) is 9.90 Å². The summed E-state index contributed by atoms with van der Waals surface area (Å²) in [6, 6.07) is 9.78. The highest BCUT2D eigenvalue weighted by Crippen LogP contribution is 2.28. The second-order valence-corrected chi connectivity index (χ2v) is 7.86. The number of ether oxygens (including phenoxy) is 5.